The van der Waals surface area contributed by atoms with Crippen LogP contribution in [0.1, 0.15) is 61.7 Å². The highest BCUT2D eigenvalue weighted by Gasteiger charge is 2.41. The highest BCUT2D eigenvalue weighted by atomic mass is 35.5. The molecule has 7 nitrogen and oxygen atoms in total. The fraction of sp³-hybridized carbons (Fsp3) is 0.560. The van der Waals surface area contributed by atoms with Crippen LogP contribution in [-0.4, -0.2) is 59.6 Å². The second-order valence-electron chi connectivity index (χ2n) is 9.23. The maximum atomic E-state index is 13.2. The van der Waals surface area contributed by atoms with Gasteiger partial charge in [0.05, 0.1) is 12.3 Å². The molecule has 1 aromatic heterocycles. The minimum Gasteiger partial charge on any atom is -0.493 e. The van der Waals surface area contributed by atoms with E-state index in [0.29, 0.717) is 43.3 Å². The molecule has 178 valence electrons. The topological polar surface area (TPSA) is 75.9 Å². The van der Waals surface area contributed by atoms with Crippen molar-refractivity contribution in [1.29, 1.82) is 0 Å². The Hall–Kier alpha value is -2.54. The Bertz CT molecular complexity index is 972. The van der Waals surface area contributed by atoms with Gasteiger partial charge in [-0.1, -0.05) is 29.7 Å². The van der Waals surface area contributed by atoms with Crippen LogP contribution in [0.3, 0.4) is 0 Å². The highest BCUT2D eigenvalue weighted by Crippen LogP contribution is 2.36. The number of benzene rings is 1. The van der Waals surface area contributed by atoms with Crippen LogP contribution in [0.2, 0.25) is 5.02 Å². The van der Waals surface area contributed by atoms with Crippen LogP contribution in [0.25, 0.3) is 0 Å². The van der Waals surface area contributed by atoms with Gasteiger partial charge < -0.3 is 19.1 Å². The molecule has 1 atom stereocenters. The zero-order valence-electron chi connectivity index (χ0n) is 19.2. The molecule has 0 saturated carbocycles. The number of amides is 2. The van der Waals surface area contributed by atoms with Gasteiger partial charge >= 0.3 is 0 Å². The average molecular weight is 474 g/mol. The SMILES string of the molecule is CCc1cc(C(=O)N2CCC[C@@](COc3cccc(Cl)c3)(CC(=O)N3CCCCC3)C2)on1. The molecule has 3 heterocycles. The minimum atomic E-state index is -0.474. The van der Waals surface area contributed by atoms with Gasteiger partial charge in [0.15, 0.2) is 0 Å². The molecule has 1 aromatic carbocycles. The molecule has 0 unspecified atom stereocenters. The van der Waals surface area contributed by atoms with Crippen molar-refractivity contribution >= 4 is 23.4 Å². The predicted molar refractivity (Wildman–Crippen MR) is 125 cm³/mol. The van der Waals surface area contributed by atoms with Crippen LogP contribution in [0.15, 0.2) is 34.9 Å². The fourth-order valence-corrected chi connectivity index (χ4v) is 4.98. The molecule has 2 saturated heterocycles. The summed E-state index contributed by atoms with van der Waals surface area (Å²) in [6.45, 7) is 4.99. The number of carbonyl (C=O) groups excluding carboxylic acids is 2. The van der Waals surface area contributed by atoms with Crippen molar-refractivity contribution in [3.8, 4) is 5.75 Å². The van der Waals surface area contributed by atoms with Crippen LogP contribution in [0, 0.1) is 5.41 Å². The summed E-state index contributed by atoms with van der Waals surface area (Å²) >= 11 is 6.12. The van der Waals surface area contributed by atoms with E-state index in [2.05, 4.69) is 5.16 Å². The summed E-state index contributed by atoms with van der Waals surface area (Å²) in [5, 5.41) is 4.56. The Morgan fingerprint density at radius 1 is 1.12 bits per heavy atom. The number of nitrogens with zero attached hydrogens (tertiary/aromatic N) is 3. The van der Waals surface area contributed by atoms with Crippen LogP contribution in [0.5, 0.6) is 5.75 Å². The van der Waals surface area contributed by atoms with Gasteiger partial charge in [-0.3, -0.25) is 9.59 Å². The smallest absolute Gasteiger partial charge is 0.292 e. The fourth-order valence-electron chi connectivity index (χ4n) is 4.80. The second-order valence-corrected chi connectivity index (χ2v) is 9.67. The van der Waals surface area contributed by atoms with E-state index >= 15 is 0 Å². The van der Waals surface area contributed by atoms with Crippen molar-refractivity contribution in [3.63, 3.8) is 0 Å². The monoisotopic (exact) mass is 473 g/mol. The number of rotatable bonds is 7. The molecule has 2 aromatic rings. The van der Waals surface area contributed by atoms with E-state index in [1.165, 1.54) is 6.42 Å². The first kappa shape index (κ1) is 23.6. The molecule has 4 rings (SSSR count). The third kappa shape index (κ3) is 5.88. The van der Waals surface area contributed by atoms with Gasteiger partial charge in [-0.25, -0.2) is 0 Å². The second kappa shape index (κ2) is 10.6. The molecule has 0 bridgehead atoms. The molecule has 0 radical (unpaired) electrons. The number of aromatic nitrogens is 1. The number of hydrogen-bond acceptors (Lipinski definition) is 5. The minimum absolute atomic E-state index is 0.145. The summed E-state index contributed by atoms with van der Waals surface area (Å²) < 4.78 is 11.4. The highest BCUT2D eigenvalue weighted by molar-refractivity contribution is 6.30. The molecule has 0 spiro atoms. The normalized spacial score (nSPS) is 21.2. The molecule has 0 N–H and O–H groups in total. The first-order valence-corrected chi connectivity index (χ1v) is 12.3. The van der Waals surface area contributed by atoms with E-state index < -0.39 is 5.41 Å². The number of hydrogen-bond donors (Lipinski definition) is 0. The average Bonchev–Trinajstić information content (AvgIpc) is 3.32. The molecule has 8 heteroatoms. The molecule has 2 aliphatic heterocycles. The molecule has 2 aliphatic rings. The third-order valence-corrected chi connectivity index (χ3v) is 6.89. The Labute approximate surface area is 200 Å². The number of likely N-dealkylation sites (tertiary alicyclic amines) is 2. The zero-order valence-corrected chi connectivity index (χ0v) is 20.0. The molecule has 2 fully saturated rings. The van der Waals surface area contributed by atoms with E-state index in [1.54, 1.807) is 23.1 Å². The van der Waals surface area contributed by atoms with Gasteiger partial charge in [-0.2, -0.15) is 0 Å². The first-order chi connectivity index (χ1) is 16.0. The number of piperidine rings is 2. The van der Waals surface area contributed by atoms with Gasteiger partial charge in [0.25, 0.3) is 5.91 Å². The van der Waals surface area contributed by atoms with Crippen LogP contribution >= 0.6 is 11.6 Å². The zero-order chi connectivity index (χ0) is 23.3. The summed E-state index contributed by atoms with van der Waals surface area (Å²) in [4.78, 5) is 30.2. The van der Waals surface area contributed by atoms with Gasteiger partial charge in [-0.15, -0.1) is 0 Å². The lowest BCUT2D eigenvalue weighted by Crippen LogP contribution is -2.51. The van der Waals surface area contributed by atoms with E-state index in [1.807, 2.05) is 24.0 Å². The van der Waals surface area contributed by atoms with Crippen molar-refractivity contribution in [3.05, 3.63) is 46.8 Å². The van der Waals surface area contributed by atoms with Crippen molar-refractivity contribution in [2.75, 3.05) is 32.8 Å². The molecule has 2 amide bonds. The summed E-state index contributed by atoms with van der Waals surface area (Å²) in [7, 11) is 0. The Balaban J connectivity index is 1.52. The quantitative estimate of drug-likeness (QED) is 0.587. The lowest BCUT2D eigenvalue weighted by atomic mass is 9.77. The first-order valence-electron chi connectivity index (χ1n) is 11.9. The summed E-state index contributed by atoms with van der Waals surface area (Å²) in [5.41, 5.74) is 0.282. The summed E-state index contributed by atoms with van der Waals surface area (Å²) in [6.07, 6.45) is 5.94. The van der Waals surface area contributed by atoms with Crippen molar-refractivity contribution in [1.82, 2.24) is 15.0 Å². The van der Waals surface area contributed by atoms with E-state index in [0.717, 1.165) is 44.5 Å². The number of ether oxygens (including phenoxy) is 1. The van der Waals surface area contributed by atoms with E-state index in [-0.39, 0.29) is 17.6 Å². The van der Waals surface area contributed by atoms with Crippen LogP contribution in [0.4, 0.5) is 0 Å². The van der Waals surface area contributed by atoms with Gasteiger partial charge in [0.2, 0.25) is 11.7 Å². The lowest BCUT2D eigenvalue weighted by Gasteiger charge is -2.43. The van der Waals surface area contributed by atoms with Gasteiger partial charge in [0.1, 0.15) is 5.75 Å². The Morgan fingerprint density at radius 2 is 1.91 bits per heavy atom. The lowest BCUT2D eigenvalue weighted by molar-refractivity contribution is -0.136. The standard InChI is InChI=1S/C25H32ClN3O4/c1-2-20-15-22(33-27-20)24(31)29-13-7-10-25(17-29,16-23(30)28-11-4-3-5-12-28)18-32-21-9-6-8-19(26)14-21/h6,8-9,14-15H,2-5,7,10-13,16-18H2,1H3/t25-/m1/s1. The molecule has 33 heavy (non-hydrogen) atoms. The van der Waals surface area contributed by atoms with E-state index in [4.69, 9.17) is 20.9 Å². The summed E-state index contributed by atoms with van der Waals surface area (Å²) in [6, 6.07) is 8.98. The van der Waals surface area contributed by atoms with Gasteiger partial charge in [-0.05, 0) is 56.7 Å². The molecular weight excluding hydrogens is 442 g/mol. The van der Waals surface area contributed by atoms with E-state index in [9.17, 15) is 9.59 Å². The van der Waals surface area contributed by atoms with Crippen molar-refractivity contribution in [2.45, 2.75) is 51.9 Å². The largest absolute Gasteiger partial charge is 0.493 e. The number of halogens is 1. The maximum Gasteiger partial charge on any atom is 0.292 e. The Morgan fingerprint density at radius 3 is 2.64 bits per heavy atom. The summed E-state index contributed by atoms with van der Waals surface area (Å²) in [5.74, 6) is 0.880. The van der Waals surface area contributed by atoms with Crippen LogP contribution in [-0.2, 0) is 11.2 Å². The predicted octanol–water partition coefficient (Wildman–Crippen LogP) is 4.59. The number of carbonyl (C=O) groups is 2. The maximum absolute atomic E-state index is 13.2. The van der Waals surface area contributed by atoms with Crippen LogP contribution < -0.4 is 4.74 Å². The number of aryl methyl sites for hydroxylation is 1. The molecule has 0 aliphatic carbocycles. The van der Waals surface area contributed by atoms with Gasteiger partial charge in [0, 0.05) is 49.1 Å². The molecular formula is C25H32ClN3O4. The third-order valence-electron chi connectivity index (χ3n) is 6.66. The van der Waals surface area contributed by atoms with Crippen molar-refractivity contribution < 1.29 is 18.8 Å². The Kier molecular flexibility index (Phi) is 7.58. The van der Waals surface area contributed by atoms with Crippen molar-refractivity contribution in [2.24, 2.45) is 5.41 Å².